The number of thioether (sulfide) groups is 1. The second kappa shape index (κ2) is 8.91. The Morgan fingerprint density at radius 3 is 2.43 bits per heavy atom. The van der Waals surface area contributed by atoms with E-state index in [0.717, 1.165) is 42.8 Å². The highest BCUT2D eigenvalue weighted by molar-refractivity contribution is 7.99. The summed E-state index contributed by atoms with van der Waals surface area (Å²) in [5, 5.41) is 28.3. The number of carboxylic acid groups (broad SMARTS) is 1. The van der Waals surface area contributed by atoms with Gasteiger partial charge < -0.3 is 15.3 Å². The molecular weight excluding hydrogens is 372 g/mol. The van der Waals surface area contributed by atoms with Gasteiger partial charge in [-0.05, 0) is 54.2 Å². The van der Waals surface area contributed by atoms with E-state index in [4.69, 9.17) is 5.11 Å². The number of fused-ring (bicyclic) bond motifs is 1. The van der Waals surface area contributed by atoms with Gasteiger partial charge in [0.1, 0.15) is 11.5 Å². The van der Waals surface area contributed by atoms with Crippen LogP contribution in [0.2, 0.25) is 0 Å². The molecule has 2 atom stereocenters. The van der Waals surface area contributed by atoms with Gasteiger partial charge in [0.25, 0.3) is 0 Å². The van der Waals surface area contributed by atoms with Gasteiger partial charge in [-0.2, -0.15) is 0 Å². The van der Waals surface area contributed by atoms with E-state index in [0.29, 0.717) is 11.7 Å². The summed E-state index contributed by atoms with van der Waals surface area (Å²) in [7, 11) is 0. The number of benzene rings is 2. The molecule has 0 bridgehead atoms. The van der Waals surface area contributed by atoms with Crippen LogP contribution in [-0.4, -0.2) is 27.0 Å². The highest BCUT2D eigenvalue weighted by Crippen LogP contribution is 2.52. The molecule has 0 amide bonds. The molecule has 0 fully saturated rings. The van der Waals surface area contributed by atoms with Crippen molar-refractivity contribution in [3.05, 3.63) is 53.6 Å². The summed E-state index contributed by atoms with van der Waals surface area (Å²) in [6.45, 7) is 2.29. The molecule has 0 aliphatic carbocycles. The average Bonchev–Trinajstić information content (AvgIpc) is 2.66. The Kier molecular flexibility index (Phi) is 6.55. The summed E-state index contributed by atoms with van der Waals surface area (Å²) in [4.78, 5) is 11.8. The standard InChI is InChI=1S/C23H28O4S/c1-23(16-8-10-17(24)11-9-16)15-28-21-14-18(25)12-13-19(21)20(23)6-4-2-3-5-7-22(26)27/h8-14,20,24-25H,2-7,15H2,1H3,(H,26,27)/t20-,23-/m1/s1. The third-order valence-electron chi connectivity index (χ3n) is 5.83. The van der Waals surface area contributed by atoms with E-state index in [1.54, 1.807) is 30.0 Å². The smallest absolute Gasteiger partial charge is 0.303 e. The molecule has 1 aliphatic heterocycles. The Labute approximate surface area is 170 Å². The number of phenolic OH excluding ortho intramolecular Hbond substituents is 2. The van der Waals surface area contributed by atoms with Crippen molar-refractivity contribution >= 4 is 17.7 Å². The molecule has 2 aromatic rings. The first-order chi connectivity index (χ1) is 13.4. The molecule has 1 aliphatic rings. The molecule has 28 heavy (non-hydrogen) atoms. The lowest BCUT2D eigenvalue weighted by Gasteiger charge is -2.43. The van der Waals surface area contributed by atoms with Gasteiger partial charge in [0.15, 0.2) is 0 Å². The minimum absolute atomic E-state index is 0.0661. The molecule has 0 spiro atoms. The molecular formula is C23H28O4S. The second-order valence-corrected chi connectivity index (χ2v) is 8.89. The molecule has 1 heterocycles. The number of carboxylic acids is 1. The molecule has 3 rings (SSSR count). The van der Waals surface area contributed by atoms with Gasteiger partial charge in [-0.1, -0.05) is 44.4 Å². The topological polar surface area (TPSA) is 77.8 Å². The van der Waals surface area contributed by atoms with Crippen molar-refractivity contribution in [2.45, 2.75) is 61.7 Å². The van der Waals surface area contributed by atoms with Gasteiger partial charge in [0, 0.05) is 22.5 Å². The van der Waals surface area contributed by atoms with Crippen molar-refractivity contribution in [1.82, 2.24) is 0 Å². The lowest BCUT2D eigenvalue weighted by atomic mass is 9.68. The fourth-order valence-electron chi connectivity index (χ4n) is 4.19. The number of unbranched alkanes of at least 4 members (excludes halogenated alkanes) is 3. The van der Waals surface area contributed by atoms with E-state index < -0.39 is 5.97 Å². The molecule has 0 aromatic heterocycles. The summed E-state index contributed by atoms with van der Waals surface area (Å²) >= 11 is 1.78. The molecule has 0 saturated heterocycles. The van der Waals surface area contributed by atoms with E-state index in [2.05, 4.69) is 6.92 Å². The van der Waals surface area contributed by atoms with Crippen LogP contribution in [0.5, 0.6) is 11.5 Å². The van der Waals surface area contributed by atoms with E-state index in [9.17, 15) is 15.0 Å². The average molecular weight is 401 g/mol. The van der Waals surface area contributed by atoms with Crippen molar-refractivity contribution in [2.75, 3.05) is 5.75 Å². The number of aliphatic carboxylic acids is 1. The summed E-state index contributed by atoms with van der Waals surface area (Å²) < 4.78 is 0. The summed E-state index contributed by atoms with van der Waals surface area (Å²) in [6.07, 6.45) is 5.00. The summed E-state index contributed by atoms with van der Waals surface area (Å²) in [6, 6.07) is 13.2. The first kappa shape index (κ1) is 20.6. The zero-order valence-electron chi connectivity index (χ0n) is 16.2. The van der Waals surface area contributed by atoms with Crippen LogP contribution in [0.1, 0.15) is 62.5 Å². The Bertz CT molecular complexity index is 818. The first-order valence-corrected chi connectivity index (χ1v) is 10.9. The maximum atomic E-state index is 10.7. The van der Waals surface area contributed by atoms with Gasteiger partial charge in [-0.15, -0.1) is 11.8 Å². The van der Waals surface area contributed by atoms with Gasteiger partial charge in [0.05, 0.1) is 0 Å². The number of phenols is 2. The van der Waals surface area contributed by atoms with Gasteiger partial charge >= 0.3 is 5.97 Å². The van der Waals surface area contributed by atoms with E-state index in [1.807, 2.05) is 24.3 Å². The fourth-order valence-corrected chi connectivity index (χ4v) is 5.59. The first-order valence-electron chi connectivity index (χ1n) is 9.87. The molecule has 3 N–H and O–H groups in total. The predicted octanol–water partition coefficient (Wildman–Crippen LogP) is 5.67. The van der Waals surface area contributed by atoms with E-state index in [1.165, 1.54) is 11.1 Å². The van der Waals surface area contributed by atoms with Crippen molar-refractivity contribution in [3.63, 3.8) is 0 Å². The van der Waals surface area contributed by atoms with Gasteiger partial charge in [-0.3, -0.25) is 4.79 Å². The van der Waals surface area contributed by atoms with Crippen LogP contribution in [0.3, 0.4) is 0 Å². The monoisotopic (exact) mass is 400 g/mol. The van der Waals surface area contributed by atoms with Gasteiger partial charge in [0.2, 0.25) is 0 Å². The fraction of sp³-hybridized carbons (Fsp3) is 0.435. The minimum atomic E-state index is -0.724. The van der Waals surface area contributed by atoms with Crippen LogP contribution in [0.25, 0.3) is 0 Å². The van der Waals surface area contributed by atoms with Crippen LogP contribution >= 0.6 is 11.8 Å². The Hall–Kier alpha value is -2.14. The Morgan fingerprint density at radius 1 is 1.04 bits per heavy atom. The molecule has 150 valence electrons. The highest BCUT2D eigenvalue weighted by atomic mass is 32.2. The Morgan fingerprint density at radius 2 is 1.71 bits per heavy atom. The number of hydrogen-bond donors (Lipinski definition) is 3. The molecule has 2 aromatic carbocycles. The summed E-state index contributed by atoms with van der Waals surface area (Å²) in [5.74, 6) is 1.08. The molecule has 5 heteroatoms. The van der Waals surface area contributed by atoms with Crippen molar-refractivity contribution < 1.29 is 20.1 Å². The molecule has 4 nitrogen and oxygen atoms in total. The summed E-state index contributed by atoms with van der Waals surface area (Å²) in [5.41, 5.74) is 2.42. The lowest BCUT2D eigenvalue weighted by molar-refractivity contribution is -0.137. The third-order valence-corrected chi connectivity index (χ3v) is 7.24. The van der Waals surface area contributed by atoms with Crippen LogP contribution in [0, 0.1) is 0 Å². The van der Waals surface area contributed by atoms with Crippen LogP contribution in [0.4, 0.5) is 0 Å². The molecule has 0 saturated carbocycles. The predicted molar refractivity (Wildman–Crippen MR) is 112 cm³/mol. The van der Waals surface area contributed by atoms with Crippen molar-refractivity contribution in [2.24, 2.45) is 0 Å². The number of carbonyl (C=O) groups is 1. The second-order valence-electron chi connectivity index (χ2n) is 7.87. The van der Waals surface area contributed by atoms with E-state index in [-0.39, 0.29) is 17.6 Å². The lowest BCUT2D eigenvalue weighted by Crippen LogP contribution is -2.36. The number of aromatic hydroxyl groups is 2. The zero-order valence-corrected chi connectivity index (χ0v) is 17.0. The SMILES string of the molecule is C[C@]1(c2ccc(O)cc2)CSc2cc(O)ccc2[C@H]1CCCCCCC(=O)O. The normalized spacial score (nSPS) is 21.2. The molecule has 0 unspecified atom stereocenters. The van der Waals surface area contributed by atoms with Crippen LogP contribution in [0.15, 0.2) is 47.4 Å². The number of hydrogen-bond acceptors (Lipinski definition) is 4. The Balaban J connectivity index is 1.79. The van der Waals surface area contributed by atoms with Crippen molar-refractivity contribution in [1.29, 1.82) is 0 Å². The minimum Gasteiger partial charge on any atom is -0.508 e. The largest absolute Gasteiger partial charge is 0.508 e. The maximum absolute atomic E-state index is 10.7. The van der Waals surface area contributed by atoms with Crippen LogP contribution < -0.4 is 0 Å². The van der Waals surface area contributed by atoms with Gasteiger partial charge in [-0.25, -0.2) is 0 Å². The number of rotatable bonds is 8. The highest BCUT2D eigenvalue weighted by Gasteiger charge is 2.41. The van der Waals surface area contributed by atoms with E-state index >= 15 is 0 Å². The zero-order chi connectivity index (χ0) is 20.1. The quantitative estimate of drug-likeness (QED) is 0.498. The molecule has 0 radical (unpaired) electrons. The van der Waals surface area contributed by atoms with Crippen molar-refractivity contribution in [3.8, 4) is 11.5 Å². The third kappa shape index (κ3) is 4.64. The maximum Gasteiger partial charge on any atom is 0.303 e. The van der Waals surface area contributed by atoms with Crippen LogP contribution in [-0.2, 0) is 10.2 Å².